The lowest BCUT2D eigenvalue weighted by atomic mass is 10.1. The third-order valence-electron chi connectivity index (χ3n) is 4.59. The van der Waals surface area contributed by atoms with Gasteiger partial charge in [-0.3, -0.25) is 10.1 Å². The minimum Gasteiger partial charge on any atom is -0.465 e. The van der Waals surface area contributed by atoms with Crippen LogP contribution in [0.5, 0.6) is 0 Å². The third kappa shape index (κ3) is 5.89. The molecular weight excluding hydrogens is 370 g/mol. The van der Waals surface area contributed by atoms with Crippen LogP contribution in [0.1, 0.15) is 39.1 Å². The van der Waals surface area contributed by atoms with Gasteiger partial charge in [0.2, 0.25) is 5.96 Å². The van der Waals surface area contributed by atoms with Crippen LogP contribution in [0, 0.1) is 6.92 Å². The van der Waals surface area contributed by atoms with E-state index in [0.29, 0.717) is 23.6 Å². The number of benzene rings is 2. The van der Waals surface area contributed by atoms with E-state index in [-0.39, 0.29) is 12.0 Å². The highest BCUT2D eigenvalue weighted by molar-refractivity contribution is 6.10. The first-order valence-corrected chi connectivity index (χ1v) is 9.54. The first-order valence-electron chi connectivity index (χ1n) is 9.54. The van der Waals surface area contributed by atoms with Crippen molar-refractivity contribution in [3.63, 3.8) is 0 Å². The van der Waals surface area contributed by atoms with E-state index in [4.69, 9.17) is 4.74 Å². The van der Waals surface area contributed by atoms with Gasteiger partial charge in [0.15, 0.2) is 0 Å². The lowest BCUT2D eigenvalue weighted by molar-refractivity contribution is 0.0600. The van der Waals surface area contributed by atoms with Crippen LogP contribution >= 0.6 is 0 Å². The van der Waals surface area contributed by atoms with Gasteiger partial charge in [0.1, 0.15) is 0 Å². The largest absolute Gasteiger partial charge is 0.465 e. The van der Waals surface area contributed by atoms with E-state index in [1.807, 2.05) is 31.2 Å². The second kappa shape index (κ2) is 9.84. The summed E-state index contributed by atoms with van der Waals surface area (Å²) in [6, 6.07) is 14.1. The zero-order valence-corrected chi connectivity index (χ0v) is 16.6. The fourth-order valence-electron chi connectivity index (χ4n) is 2.92. The summed E-state index contributed by atoms with van der Waals surface area (Å²) in [5.41, 5.74) is 2.76. The Balaban J connectivity index is 1.72. The van der Waals surface area contributed by atoms with E-state index in [1.165, 1.54) is 7.11 Å². The Morgan fingerprint density at radius 1 is 1.10 bits per heavy atom. The number of nitrogens with zero attached hydrogens (tertiary/aromatic N) is 1. The second-order valence-corrected chi connectivity index (χ2v) is 6.84. The molecule has 29 heavy (non-hydrogen) atoms. The number of rotatable bonds is 5. The van der Waals surface area contributed by atoms with Crippen LogP contribution in [0.25, 0.3) is 0 Å². The normalized spacial score (nSPS) is 16.3. The van der Waals surface area contributed by atoms with Gasteiger partial charge in [0.05, 0.1) is 25.3 Å². The summed E-state index contributed by atoms with van der Waals surface area (Å²) in [7, 11) is 1.32. The predicted molar refractivity (Wildman–Crippen MR) is 111 cm³/mol. The number of guanidine groups is 1. The molecule has 1 heterocycles. The maximum absolute atomic E-state index is 12.7. The monoisotopic (exact) mass is 395 g/mol. The molecule has 1 amide bonds. The number of hydrogen-bond acceptors (Lipinski definition) is 5. The second-order valence-electron chi connectivity index (χ2n) is 6.84. The molecule has 2 aromatic rings. The van der Waals surface area contributed by atoms with E-state index in [0.717, 1.165) is 30.7 Å². The summed E-state index contributed by atoms with van der Waals surface area (Å²) in [5, 5.41) is 5.97. The molecule has 1 fully saturated rings. The first-order chi connectivity index (χ1) is 14.0. The zero-order chi connectivity index (χ0) is 20.6. The molecule has 2 aromatic carbocycles. The fraction of sp³-hybridized carbons (Fsp3) is 0.318. The van der Waals surface area contributed by atoms with E-state index in [1.54, 1.807) is 24.3 Å². The molecule has 0 aliphatic carbocycles. The first kappa shape index (κ1) is 20.5. The number of aliphatic imine (C=N–C) groups is 1. The molecule has 7 nitrogen and oxygen atoms in total. The number of anilines is 1. The van der Waals surface area contributed by atoms with Gasteiger partial charge in [0.25, 0.3) is 5.91 Å². The summed E-state index contributed by atoms with van der Waals surface area (Å²) < 4.78 is 10.3. The molecule has 1 unspecified atom stereocenters. The zero-order valence-electron chi connectivity index (χ0n) is 16.6. The van der Waals surface area contributed by atoms with Crippen molar-refractivity contribution in [2.45, 2.75) is 25.9 Å². The molecule has 3 rings (SSSR count). The van der Waals surface area contributed by atoms with E-state index in [2.05, 4.69) is 20.4 Å². The van der Waals surface area contributed by atoms with Crippen LogP contribution in [0.15, 0.2) is 53.5 Å². The number of hydrogen-bond donors (Lipinski definition) is 2. The molecule has 0 aromatic heterocycles. The van der Waals surface area contributed by atoms with Crippen molar-refractivity contribution in [2.24, 2.45) is 4.99 Å². The van der Waals surface area contributed by atoms with Crippen LogP contribution in [0.3, 0.4) is 0 Å². The van der Waals surface area contributed by atoms with Crippen LogP contribution in [-0.2, 0) is 9.47 Å². The number of aryl methyl sites for hydroxylation is 1. The number of ether oxygens (including phenoxy) is 2. The Morgan fingerprint density at radius 2 is 1.79 bits per heavy atom. The molecule has 1 aliphatic rings. The highest BCUT2D eigenvalue weighted by atomic mass is 16.5. The summed E-state index contributed by atoms with van der Waals surface area (Å²) in [5.74, 6) is -0.421. The average Bonchev–Trinajstić information content (AvgIpc) is 3.27. The van der Waals surface area contributed by atoms with Gasteiger partial charge in [-0.1, -0.05) is 17.7 Å². The maximum Gasteiger partial charge on any atom is 0.337 e. The quantitative estimate of drug-likeness (QED) is 0.461. The average molecular weight is 395 g/mol. The van der Waals surface area contributed by atoms with Gasteiger partial charge >= 0.3 is 5.97 Å². The van der Waals surface area contributed by atoms with Gasteiger partial charge in [-0.2, -0.15) is 0 Å². The molecule has 7 heteroatoms. The highest BCUT2D eigenvalue weighted by Gasteiger charge is 2.16. The Morgan fingerprint density at radius 3 is 2.41 bits per heavy atom. The van der Waals surface area contributed by atoms with Crippen molar-refractivity contribution in [1.82, 2.24) is 5.32 Å². The van der Waals surface area contributed by atoms with Crippen molar-refractivity contribution in [3.05, 3.63) is 65.2 Å². The molecule has 0 spiro atoms. The van der Waals surface area contributed by atoms with Crippen molar-refractivity contribution in [3.8, 4) is 0 Å². The lowest BCUT2D eigenvalue weighted by Gasteiger charge is -2.13. The van der Waals surface area contributed by atoms with Gasteiger partial charge in [-0.05, 0) is 56.2 Å². The summed E-state index contributed by atoms with van der Waals surface area (Å²) >= 11 is 0. The molecule has 152 valence electrons. The number of esters is 1. The maximum atomic E-state index is 12.7. The lowest BCUT2D eigenvalue weighted by Crippen LogP contribution is -2.36. The Labute approximate surface area is 170 Å². The SMILES string of the molecule is COC(=O)c1ccc(C(=O)NC(=NCC2CCCO2)Nc2ccc(C)cc2)cc1. The molecule has 0 bridgehead atoms. The van der Waals surface area contributed by atoms with Gasteiger partial charge in [-0.25, -0.2) is 9.79 Å². The Hall–Kier alpha value is -3.19. The number of carbonyl (C=O) groups is 2. The van der Waals surface area contributed by atoms with Gasteiger partial charge < -0.3 is 14.8 Å². The smallest absolute Gasteiger partial charge is 0.337 e. The van der Waals surface area contributed by atoms with Crippen LogP contribution in [0.4, 0.5) is 5.69 Å². The van der Waals surface area contributed by atoms with Gasteiger partial charge in [-0.15, -0.1) is 0 Å². The third-order valence-corrected chi connectivity index (χ3v) is 4.59. The van der Waals surface area contributed by atoms with Gasteiger partial charge in [0, 0.05) is 17.9 Å². The molecule has 0 radical (unpaired) electrons. The number of nitrogens with one attached hydrogen (secondary N) is 2. The van der Waals surface area contributed by atoms with Crippen LogP contribution in [-0.4, -0.2) is 44.2 Å². The van der Waals surface area contributed by atoms with Crippen molar-refractivity contribution >= 4 is 23.5 Å². The molecular formula is C22H25N3O4. The van der Waals surface area contributed by atoms with Crippen LogP contribution < -0.4 is 10.6 Å². The minimum atomic E-state index is -0.447. The van der Waals surface area contributed by atoms with Crippen molar-refractivity contribution < 1.29 is 19.1 Å². The summed E-state index contributed by atoms with van der Waals surface area (Å²) in [4.78, 5) is 28.7. The number of methoxy groups -OCH3 is 1. The molecule has 0 saturated carbocycles. The standard InChI is InChI=1S/C22H25N3O4/c1-15-5-11-18(12-6-15)24-22(23-14-19-4-3-13-29-19)25-20(26)16-7-9-17(10-8-16)21(27)28-2/h5-12,19H,3-4,13-14H2,1-2H3,(H2,23,24,25,26). The highest BCUT2D eigenvalue weighted by Crippen LogP contribution is 2.13. The molecule has 2 N–H and O–H groups in total. The Kier molecular flexibility index (Phi) is 6.97. The van der Waals surface area contributed by atoms with E-state index in [9.17, 15) is 9.59 Å². The summed E-state index contributed by atoms with van der Waals surface area (Å²) in [6.07, 6.45) is 2.06. The van der Waals surface area contributed by atoms with Crippen molar-refractivity contribution in [1.29, 1.82) is 0 Å². The number of amides is 1. The number of carbonyl (C=O) groups excluding carboxylic acids is 2. The molecule has 1 saturated heterocycles. The summed E-state index contributed by atoms with van der Waals surface area (Å²) in [6.45, 7) is 3.23. The van der Waals surface area contributed by atoms with Crippen LogP contribution in [0.2, 0.25) is 0 Å². The van der Waals surface area contributed by atoms with Crippen molar-refractivity contribution in [2.75, 3.05) is 25.6 Å². The minimum absolute atomic E-state index is 0.0704. The topological polar surface area (TPSA) is 89.0 Å². The van der Waals surface area contributed by atoms with E-state index >= 15 is 0 Å². The fourth-order valence-corrected chi connectivity index (χ4v) is 2.92. The molecule has 1 atom stereocenters. The Bertz CT molecular complexity index is 870. The van der Waals surface area contributed by atoms with E-state index < -0.39 is 5.97 Å². The predicted octanol–water partition coefficient (Wildman–Crippen LogP) is 3.16. The molecule has 1 aliphatic heterocycles.